The predicted octanol–water partition coefficient (Wildman–Crippen LogP) is 5.11. The molecule has 0 N–H and O–H groups in total. The van der Waals surface area contributed by atoms with Crippen LogP contribution in [0, 0.1) is 0 Å². The topological polar surface area (TPSA) is 61.8 Å². The van der Waals surface area contributed by atoms with Crippen LogP contribution in [-0.2, 0) is 11.4 Å². The highest BCUT2D eigenvalue weighted by Crippen LogP contribution is 2.33. The Hall–Kier alpha value is -3.57. The number of benzene rings is 3. The average Bonchev–Trinajstić information content (AvgIpc) is 2.76. The van der Waals surface area contributed by atoms with Gasteiger partial charge in [0.1, 0.15) is 17.9 Å². The van der Waals surface area contributed by atoms with Crippen LogP contribution in [0.3, 0.4) is 0 Å². The zero-order chi connectivity index (χ0) is 21.1. The van der Waals surface area contributed by atoms with E-state index in [-0.39, 0.29) is 16.9 Å². The minimum absolute atomic E-state index is 0.0797. The molecule has 0 unspecified atom stereocenters. The molecule has 6 heteroatoms. The fourth-order valence-electron chi connectivity index (χ4n) is 3.08. The summed E-state index contributed by atoms with van der Waals surface area (Å²) < 4.78 is 16.5. The average molecular weight is 421 g/mol. The van der Waals surface area contributed by atoms with Gasteiger partial charge in [0, 0.05) is 5.02 Å². The highest BCUT2D eigenvalue weighted by molar-refractivity contribution is 6.33. The first-order valence-corrected chi connectivity index (χ1v) is 9.56. The van der Waals surface area contributed by atoms with E-state index in [1.165, 1.54) is 18.2 Å². The van der Waals surface area contributed by atoms with Gasteiger partial charge in [0.15, 0.2) is 11.5 Å². The monoisotopic (exact) mass is 420 g/mol. The molecule has 1 heterocycles. The van der Waals surface area contributed by atoms with Crippen LogP contribution in [0.2, 0.25) is 5.02 Å². The summed E-state index contributed by atoms with van der Waals surface area (Å²) in [6.07, 6.45) is 1.48. The van der Waals surface area contributed by atoms with Crippen molar-refractivity contribution in [2.45, 2.75) is 6.61 Å². The standard InChI is InChI=1S/C24H17ClO5/c1-28-21-9-7-16(12-22(21)29-14-15-5-3-2-4-6-15)11-19-23(26)18-13-17(25)8-10-20(18)30-24(19)27/h2-13H,14H2,1H3/b19-11-. The van der Waals surface area contributed by atoms with Crippen LogP contribution in [0.4, 0.5) is 0 Å². The van der Waals surface area contributed by atoms with Gasteiger partial charge in [-0.2, -0.15) is 0 Å². The second kappa shape index (κ2) is 8.43. The van der Waals surface area contributed by atoms with Crippen molar-refractivity contribution >= 4 is 29.4 Å². The number of carbonyl (C=O) groups excluding carboxylic acids is 2. The molecule has 0 aliphatic carbocycles. The Bertz CT molecular complexity index is 1150. The number of ketones is 1. The smallest absolute Gasteiger partial charge is 0.347 e. The van der Waals surface area contributed by atoms with E-state index in [1.54, 1.807) is 31.4 Å². The second-order valence-electron chi connectivity index (χ2n) is 6.60. The first-order chi connectivity index (χ1) is 14.5. The molecule has 5 nitrogen and oxygen atoms in total. The van der Waals surface area contributed by atoms with Gasteiger partial charge in [0.25, 0.3) is 0 Å². The Labute approximate surface area is 178 Å². The number of fused-ring (bicyclic) bond motifs is 1. The Morgan fingerprint density at radius 1 is 0.967 bits per heavy atom. The molecule has 1 aliphatic rings. The van der Waals surface area contributed by atoms with E-state index in [0.717, 1.165) is 5.56 Å². The molecular formula is C24H17ClO5. The highest BCUT2D eigenvalue weighted by atomic mass is 35.5. The number of halogens is 1. The lowest BCUT2D eigenvalue weighted by Crippen LogP contribution is -2.25. The SMILES string of the molecule is COc1ccc(/C=C2\C(=O)Oc3ccc(Cl)cc3C2=O)cc1OCc1ccccc1. The molecule has 3 aromatic carbocycles. The molecule has 1 aliphatic heterocycles. The quantitative estimate of drug-likeness (QED) is 0.248. The summed E-state index contributed by atoms with van der Waals surface area (Å²) in [6, 6.07) is 19.4. The molecule has 0 amide bonds. The van der Waals surface area contributed by atoms with E-state index >= 15 is 0 Å². The van der Waals surface area contributed by atoms with Gasteiger partial charge >= 0.3 is 5.97 Å². The molecule has 0 spiro atoms. The van der Waals surface area contributed by atoms with E-state index < -0.39 is 11.8 Å². The number of hydrogen-bond acceptors (Lipinski definition) is 5. The van der Waals surface area contributed by atoms with E-state index in [9.17, 15) is 9.59 Å². The van der Waals surface area contributed by atoms with Gasteiger partial charge in [-0.15, -0.1) is 0 Å². The van der Waals surface area contributed by atoms with Gasteiger partial charge < -0.3 is 14.2 Å². The van der Waals surface area contributed by atoms with E-state index in [2.05, 4.69) is 0 Å². The van der Waals surface area contributed by atoms with Gasteiger partial charge in [-0.3, -0.25) is 4.79 Å². The predicted molar refractivity (Wildman–Crippen MR) is 113 cm³/mol. The third-order valence-corrected chi connectivity index (χ3v) is 4.82. The van der Waals surface area contributed by atoms with Crippen LogP contribution >= 0.6 is 11.6 Å². The van der Waals surface area contributed by atoms with Crippen LogP contribution in [-0.4, -0.2) is 18.9 Å². The van der Waals surface area contributed by atoms with Crippen LogP contribution in [0.15, 0.2) is 72.3 Å². The van der Waals surface area contributed by atoms with E-state index in [4.69, 9.17) is 25.8 Å². The summed E-state index contributed by atoms with van der Waals surface area (Å²) in [7, 11) is 1.55. The molecule has 0 aromatic heterocycles. The molecule has 0 radical (unpaired) electrons. The molecule has 0 atom stereocenters. The Morgan fingerprint density at radius 2 is 1.77 bits per heavy atom. The van der Waals surface area contributed by atoms with Crippen LogP contribution < -0.4 is 14.2 Å². The number of methoxy groups -OCH3 is 1. The van der Waals surface area contributed by atoms with Crippen LogP contribution in [0.25, 0.3) is 6.08 Å². The molecule has 3 aromatic rings. The Balaban J connectivity index is 1.64. The van der Waals surface area contributed by atoms with Gasteiger partial charge in [-0.05, 0) is 47.5 Å². The van der Waals surface area contributed by atoms with Crippen molar-refractivity contribution in [2.75, 3.05) is 7.11 Å². The van der Waals surface area contributed by atoms with Crippen LogP contribution in [0.1, 0.15) is 21.5 Å². The number of ether oxygens (including phenoxy) is 3. The molecule has 0 saturated carbocycles. The van der Waals surface area contributed by atoms with Gasteiger partial charge in [0.05, 0.1) is 12.7 Å². The van der Waals surface area contributed by atoms with E-state index in [1.807, 2.05) is 30.3 Å². The zero-order valence-electron chi connectivity index (χ0n) is 16.1. The molecule has 0 saturated heterocycles. The lowest BCUT2D eigenvalue weighted by molar-refractivity contribution is -0.130. The molecule has 30 heavy (non-hydrogen) atoms. The number of esters is 1. The van der Waals surface area contributed by atoms with Crippen LogP contribution in [0.5, 0.6) is 17.2 Å². The van der Waals surface area contributed by atoms with Crippen molar-refractivity contribution in [2.24, 2.45) is 0 Å². The van der Waals surface area contributed by atoms with Crippen molar-refractivity contribution in [3.05, 3.63) is 94.0 Å². The fourth-order valence-corrected chi connectivity index (χ4v) is 3.26. The molecule has 0 fully saturated rings. The minimum Gasteiger partial charge on any atom is -0.493 e. The Morgan fingerprint density at radius 3 is 2.53 bits per heavy atom. The second-order valence-corrected chi connectivity index (χ2v) is 7.04. The summed E-state index contributed by atoms with van der Waals surface area (Å²) in [4.78, 5) is 25.2. The third kappa shape index (κ3) is 4.07. The van der Waals surface area contributed by atoms with Gasteiger partial charge in [-0.25, -0.2) is 4.79 Å². The maximum Gasteiger partial charge on any atom is 0.347 e. The summed E-state index contributed by atoms with van der Waals surface area (Å²) in [5.41, 5.74) is 1.78. The zero-order valence-corrected chi connectivity index (χ0v) is 16.8. The number of rotatable bonds is 5. The maximum atomic E-state index is 12.8. The summed E-state index contributed by atoms with van der Waals surface area (Å²) >= 11 is 5.98. The lowest BCUT2D eigenvalue weighted by atomic mass is 9.98. The Kier molecular flexibility index (Phi) is 5.55. The maximum absolute atomic E-state index is 12.8. The van der Waals surface area contributed by atoms with Gasteiger partial charge in [0.2, 0.25) is 5.78 Å². The normalized spacial score (nSPS) is 14.3. The van der Waals surface area contributed by atoms with Crippen molar-refractivity contribution < 1.29 is 23.8 Å². The van der Waals surface area contributed by atoms with E-state index in [0.29, 0.717) is 28.7 Å². The van der Waals surface area contributed by atoms with Crippen molar-refractivity contribution in [1.82, 2.24) is 0 Å². The third-order valence-electron chi connectivity index (χ3n) is 4.59. The number of carbonyl (C=O) groups is 2. The summed E-state index contributed by atoms with van der Waals surface area (Å²) in [5.74, 6) is 0.0930. The summed E-state index contributed by atoms with van der Waals surface area (Å²) in [6.45, 7) is 0.351. The number of Topliss-reactive ketones (excluding diaryl/α,β-unsaturated/α-hetero) is 1. The van der Waals surface area contributed by atoms with Crippen molar-refractivity contribution in [1.29, 1.82) is 0 Å². The van der Waals surface area contributed by atoms with Crippen molar-refractivity contribution in [3.8, 4) is 17.2 Å². The fraction of sp³-hybridized carbons (Fsp3) is 0.0833. The minimum atomic E-state index is -0.711. The largest absolute Gasteiger partial charge is 0.493 e. The van der Waals surface area contributed by atoms with Gasteiger partial charge in [-0.1, -0.05) is 48.0 Å². The van der Waals surface area contributed by atoms with Crippen molar-refractivity contribution in [3.63, 3.8) is 0 Å². The highest BCUT2D eigenvalue weighted by Gasteiger charge is 2.31. The molecule has 0 bridgehead atoms. The molecule has 4 rings (SSSR count). The molecule has 150 valence electrons. The number of hydrogen-bond donors (Lipinski definition) is 0. The molecular weight excluding hydrogens is 404 g/mol. The first kappa shape index (κ1) is 19.7. The lowest BCUT2D eigenvalue weighted by Gasteiger charge is -2.17. The first-order valence-electron chi connectivity index (χ1n) is 9.18. The summed E-state index contributed by atoms with van der Waals surface area (Å²) in [5, 5.41) is 0.389.